The standard InChI is InChI=1S/C10H16N2O4S2/c1-5-10(2,3)12-18(14,15)9-7(8(13)16-4)11-6-17-9/h6,12H,5H2,1-4H3. The Bertz CT molecular complexity index is 534. The van der Waals surface area contributed by atoms with Crippen molar-refractivity contribution in [3.05, 3.63) is 11.2 Å². The van der Waals surface area contributed by atoms with Gasteiger partial charge in [-0.1, -0.05) is 6.92 Å². The molecule has 0 atom stereocenters. The molecule has 8 heteroatoms. The molecule has 0 unspecified atom stereocenters. The minimum atomic E-state index is -3.77. The Morgan fingerprint density at radius 2 is 2.17 bits per heavy atom. The van der Waals surface area contributed by atoms with Gasteiger partial charge in [-0.2, -0.15) is 0 Å². The lowest BCUT2D eigenvalue weighted by Gasteiger charge is -2.23. The van der Waals surface area contributed by atoms with Gasteiger partial charge in [-0.3, -0.25) is 0 Å². The SMILES string of the molecule is CCC(C)(C)NS(=O)(=O)c1scnc1C(=O)OC. The van der Waals surface area contributed by atoms with Crippen LogP contribution in [0.15, 0.2) is 9.72 Å². The average Bonchev–Trinajstić information content (AvgIpc) is 2.76. The van der Waals surface area contributed by atoms with Crippen molar-refractivity contribution in [1.29, 1.82) is 0 Å². The molecule has 102 valence electrons. The van der Waals surface area contributed by atoms with E-state index in [2.05, 4.69) is 14.4 Å². The van der Waals surface area contributed by atoms with Crippen LogP contribution >= 0.6 is 11.3 Å². The molecule has 1 aromatic heterocycles. The Labute approximate surface area is 110 Å². The molecule has 0 aromatic carbocycles. The van der Waals surface area contributed by atoms with E-state index >= 15 is 0 Å². The van der Waals surface area contributed by atoms with Gasteiger partial charge in [0, 0.05) is 5.54 Å². The number of thiazole rings is 1. The van der Waals surface area contributed by atoms with Crippen LogP contribution in [0.25, 0.3) is 0 Å². The van der Waals surface area contributed by atoms with Crippen molar-refractivity contribution in [3.8, 4) is 0 Å². The Morgan fingerprint density at radius 3 is 2.67 bits per heavy atom. The van der Waals surface area contributed by atoms with E-state index < -0.39 is 21.5 Å². The second-order valence-corrected chi connectivity index (χ2v) is 7.06. The van der Waals surface area contributed by atoms with Crippen LogP contribution in [0.3, 0.4) is 0 Å². The maximum absolute atomic E-state index is 12.2. The summed E-state index contributed by atoms with van der Waals surface area (Å²) in [6, 6.07) is 0. The minimum absolute atomic E-state index is 0.115. The third kappa shape index (κ3) is 3.27. The van der Waals surface area contributed by atoms with Gasteiger partial charge in [0.05, 0.1) is 12.6 Å². The number of aromatic nitrogens is 1. The molecule has 1 aromatic rings. The molecule has 1 N–H and O–H groups in total. The maximum Gasteiger partial charge on any atom is 0.358 e. The average molecular weight is 292 g/mol. The first-order chi connectivity index (χ1) is 8.23. The number of ether oxygens (including phenoxy) is 1. The van der Waals surface area contributed by atoms with E-state index in [1.807, 2.05) is 6.92 Å². The van der Waals surface area contributed by atoms with Gasteiger partial charge in [-0.15, -0.1) is 11.3 Å². The smallest absolute Gasteiger partial charge is 0.358 e. The van der Waals surface area contributed by atoms with Gasteiger partial charge >= 0.3 is 5.97 Å². The number of hydrogen-bond acceptors (Lipinski definition) is 6. The van der Waals surface area contributed by atoms with Crippen molar-refractivity contribution in [2.75, 3.05) is 7.11 Å². The van der Waals surface area contributed by atoms with Crippen molar-refractivity contribution >= 4 is 27.3 Å². The van der Waals surface area contributed by atoms with Gasteiger partial charge in [-0.25, -0.2) is 22.9 Å². The number of rotatable bonds is 5. The fraction of sp³-hybridized carbons (Fsp3) is 0.600. The molecule has 0 saturated carbocycles. The van der Waals surface area contributed by atoms with Gasteiger partial charge in [0.1, 0.15) is 0 Å². The number of carbonyl (C=O) groups is 1. The van der Waals surface area contributed by atoms with Crippen molar-refractivity contribution in [2.24, 2.45) is 0 Å². The molecule has 6 nitrogen and oxygen atoms in total. The molecule has 0 amide bonds. The summed E-state index contributed by atoms with van der Waals surface area (Å²) in [7, 11) is -2.59. The van der Waals surface area contributed by atoms with Crippen molar-refractivity contribution in [1.82, 2.24) is 9.71 Å². The summed E-state index contributed by atoms with van der Waals surface area (Å²) in [5.41, 5.74) is 0.539. The molecule has 0 spiro atoms. The highest BCUT2D eigenvalue weighted by atomic mass is 32.2. The third-order valence-electron chi connectivity index (χ3n) is 2.45. The first kappa shape index (κ1) is 15.1. The fourth-order valence-electron chi connectivity index (χ4n) is 1.14. The molecule has 0 saturated heterocycles. The Hall–Kier alpha value is -0.990. The number of sulfonamides is 1. The second kappa shape index (κ2) is 5.33. The van der Waals surface area contributed by atoms with E-state index in [1.54, 1.807) is 13.8 Å². The van der Waals surface area contributed by atoms with Gasteiger partial charge < -0.3 is 4.74 Å². The van der Waals surface area contributed by atoms with Crippen LogP contribution in [-0.2, 0) is 14.8 Å². The van der Waals surface area contributed by atoms with Crippen molar-refractivity contribution < 1.29 is 17.9 Å². The second-order valence-electron chi connectivity index (χ2n) is 4.32. The van der Waals surface area contributed by atoms with Gasteiger partial charge in [0.25, 0.3) is 10.0 Å². The molecular weight excluding hydrogens is 276 g/mol. The third-order valence-corrected chi connectivity index (χ3v) is 5.52. The van der Waals surface area contributed by atoms with Crippen LogP contribution < -0.4 is 4.72 Å². The number of nitrogens with zero attached hydrogens (tertiary/aromatic N) is 1. The number of hydrogen-bond donors (Lipinski definition) is 1. The highest BCUT2D eigenvalue weighted by Crippen LogP contribution is 2.23. The fourth-order valence-corrected chi connectivity index (χ4v) is 3.76. The van der Waals surface area contributed by atoms with Crippen molar-refractivity contribution in [3.63, 3.8) is 0 Å². The highest BCUT2D eigenvalue weighted by Gasteiger charge is 2.30. The summed E-state index contributed by atoms with van der Waals surface area (Å²) < 4.78 is 31.2. The molecule has 0 aliphatic rings. The van der Waals surface area contributed by atoms with Gasteiger partial charge in [0.2, 0.25) is 0 Å². The molecule has 1 rings (SSSR count). The maximum atomic E-state index is 12.2. The van der Waals surface area contributed by atoms with Crippen LogP contribution in [0, 0.1) is 0 Å². The summed E-state index contributed by atoms with van der Waals surface area (Å²) >= 11 is 0.889. The van der Waals surface area contributed by atoms with Crippen LogP contribution in [-0.4, -0.2) is 32.0 Å². The molecule has 0 bridgehead atoms. The van der Waals surface area contributed by atoms with E-state index in [-0.39, 0.29) is 9.90 Å². The van der Waals surface area contributed by atoms with Crippen LogP contribution in [0.4, 0.5) is 0 Å². The molecule has 1 heterocycles. The van der Waals surface area contributed by atoms with Crippen LogP contribution in [0.5, 0.6) is 0 Å². The lowest BCUT2D eigenvalue weighted by Crippen LogP contribution is -2.42. The Morgan fingerprint density at radius 1 is 1.56 bits per heavy atom. The van der Waals surface area contributed by atoms with Crippen molar-refractivity contribution in [2.45, 2.75) is 36.9 Å². The topological polar surface area (TPSA) is 85.4 Å². The van der Waals surface area contributed by atoms with E-state index in [9.17, 15) is 13.2 Å². The quantitative estimate of drug-likeness (QED) is 0.829. The summed E-state index contributed by atoms with van der Waals surface area (Å²) in [6.07, 6.45) is 0.624. The first-order valence-corrected chi connectivity index (χ1v) is 7.65. The predicted octanol–water partition coefficient (Wildman–Crippen LogP) is 1.40. The van der Waals surface area contributed by atoms with Crippen LogP contribution in [0.2, 0.25) is 0 Å². The number of nitrogens with one attached hydrogen (secondary N) is 1. The zero-order valence-electron chi connectivity index (χ0n) is 10.7. The summed E-state index contributed by atoms with van der Waals surface area (Å²) in [5, 5.41) is 0. The van der Waals surface area contributed by atoms with E-state index in [1.165, 1.54) is 12.6 Å². The molecule has 0 fully saturated rings. The molecule has 18 heavy (non-hydrogen) atoms. The summed E-state index contributed by atoms with van der Waals surface area (Å²) in [5.74, 6) is -0.758. The highest BCUT2D eigenvalue weighted by molar-refractivity contribution is 7.91. The zero-order valence-corrected chi connectivity index (χ0v) is 12.3. The minimum Gasteiger partial charge on any atom is -0.464 e. The number of methoxy groups -OCH3 is 1. The number of esters is 1. The zero-order chi connectivity index (χ0) is 14.0. The van der Waals surface area contributed by atoms with Gasteiger partial charge in [-0.05, 0) is 20.3 Å². The predicted molar refractivity (Wildman–Crippen MR) is 68.1 cm³/mol. The van der Waals surface area contributed by atoms with E-state index in [0.29, 0.717) is 6.42 Å². The van der Waals surface area contributed by atoms with Crippen LogP contribution in [0.1, 0.15) is 37.7 Å². The normalized spacial score (nSPS) is 12.4. The largest absolute Gasteiger partial charge is 0.464 e. The Kier molecular flexibility index (Phi) is 4.46. The molecular formula is C10H16N2O4S2. The number of carbonyl (C=O) groups excluding carboxylic acids is 1. The first-order valence-electron chi connectivity index (χ1n) is 5.29. The lowest BCUT2D eigenvalue weighted by atomic mass is 10.0. The summed E-state index contributed by atoms with van der Waals surface area (Å²) in [6.45, 7) is 5.41. The molecule has 0 radical (unpaired) electrons. The summed E-state index contributed by atoms with van der Waals surface area (Å²) in [4.78, 5) is 15.1. The van der Waals surface area contributed by atoms with E-state index in [0.717, 1.165) is 11.3 Å². The monoisotopic (exact) mass is 292 g/mol. The lowest BCUT2D eigenvalue weighted by molar-refractivity contribution is 0.0590. The molecule has 0 aliphatic carbocycles. The van der Waals surface area contributed by atoms with E-state index in [4.69, 9.17) is 0 Å². The Balaban J connectivity index is 3.14. The molecule has 0 aliphatic heterocycles. The van der Waals surface area contributed by atoms with Gasteiger partial charge in [0.15, 0.2) is 9.90 Å².